The second-order valence-electron chi connectivity index (χ2n) is 3.91. The van der Waals surface area contributed by atoms with Crippen molar-refractivity contribution in [3.8, 4) is 0 Å². The molecule has 13 heavy (non-hydrogen) atoms. The lowest BCUT2D eigenvalue weighted by Gasteiger charge is -2.33. The van der Waals surface area contributed by atoms with E-state index in [1.54, 1.807) is 0 Å². The zero-order valence-corrected chi connectivity index (χ0v) is 8.33. The Kier molecular flexibility index (Phi) is 2.55. The van der Waals surface area contributed by atoms with Gasteiger partial charge in [0.25, 0.3) is 11.8 Å². The third-order valence-electron chi connectivity index (χ3n) is 2.28. The molecule has 72 valence electrons. The van der Waals surface area contributed by atoms with Gasteiger partial charge < -0.3 is 0 Å². The number of imide groups is 1. The van der Waals surface area contributed by atoms with Gasteiger partial charge in [-0.1, -0.05) is 13.3 Å². The molecule has 0 bridgehead atoms. The van der Waals surface area contributed by atoms with Crippen LogP contribution in [0.2, 0.25) is 0 Å². The summed E-state index contributed by atoms with van der Waals surface area (Å²) in [4.78, 5) is 24.0. The highest BCUT2D eigenvalue weighted by molar-refractivity contribution is 6.13. The SMILES string of the molecule is CCCC(C)(C)N1C(=O)C=CC1=O. The highest BCUT2D eigenvalue weighted by Gasteiger charge is 2.36. The highest BCUT2D eigenvalue weighted by atomic mass is 16.2. The molecule has 1 heterocycles. The molecular formula is C10H15NO2. The lowest BCUT2D eigenvalue weighted by Crippen LogP contribution is -2.47. The maximum atomic E-state index is 11.3. The molecule has 1 rings (SSSR count). The number of rotatable bonds is 3. The van der Waals surface area contributed by atoms with Crippen LogP contribution in [0.5, 0.6) is 0 Å². The fourth-order valence-electron chi connectivity index (χ4n) is 1.72. The molecule has 1 aliphatic rings. The van der Waals surface area contributed by atoms with Crippen molar-refractivity contribution >= 4 is 11.8 Å². The van der Waals surface area contributed by atoms with Crippen molar-refractivity contribution in [3.63, 3.8) is 0 Å². The van der Waals surface area contributed by atoms with Gasteiger partial charge in [-0.15, -0.1) is 0 Å². The molecule has 0 saturated heterocycles. The predicted molar refractivity (Wildman–Crippen MR) is 50.0 cm³/mol. The van der Waals surface area contributed by atoms with Gasteiger partial charge in [-0.25, -0.2) is 0 Å². The van der Waals surface area contributed by atoms with Crippen molar-refractivity contribution in [1.82, 2.24) is 4.90 Å². The van der Waals surface area contributed by atoms with Crippen LogP contribution in [0.25, 0.3) is 0 Å². The molecule has 0 unspecified atom stereocenters. The van der Waals surface area contributed by atoms with Gasteiger partial charge in [-0.3, -0.25) is 14.5 Å². The van der Waals surface area contributed by atoms with Gasteiger partial charge in [-0.05, 0) is 20.3 Å². The normalized spacial score (nSPS) is 17.3. The predicted octanol–water partition coefficient (Wildman–Crippen LogP) is 1.49. The van der Waals surface area contributed by atoms with Crippen LogP contribution >= 0.6 is 0 Å². The van der Waals surface area contributed by atoms with E-state index in [4.69, 9.17) is 0 Å². The number of amides is 2. The van der Waals surface area contributed by atoms with Gasteiger partial charge >= 0.3 is 0 Å². The minimum Gasteiger partial charge on any atom is -0.270 e. The largest absolute Gasteiger partial charge is 0.270 e. The monoisotopic (exact) mass is 181 g/mol. The summed E-state index contributed by atoms with van der Waals surface area (Å²) in [5, 5.41) is 0. The Morgan fingerprint density at radius 1 is 1.23 bits per heavy atom. The van der Waals surface area contributed by atoms with E-state index < -0.39 is 0 Å². The van der Waals surface area contributed by atoms with Crippen LogP contribution in [0.1, 0.15) is 33.6 Å². The minimum atomic E-state index is -0.355. The third-order valence-corrected chi connectivity index (χ3v) is 2.28. The van der Waals surface area contributed by atoms with E-state index in [9.17, 15) is 9.59 Å². The molecule has 0 aromatic rings. The molecule has 0 aromatic heterocycles. The van der Waals surface area contributed by atoms with Crippen LogP contribution < -0.4 is 0 Å². The van der Waals surface area contributed by atoms with Crippen molar-refractivity contribution in [2.45, 2.75) is 39.2 Å². The van der Waals surface area contributed by atoms with Crippen molar-refractivity contribution < 1.29 is 9.59 Å². The molecule has 0 radical (unpaired) electrons. The van der Waals surface area contributed by atoms with E-state index >= 15 is 0 Å². The van der Waals surface area contributed by atoms with Gasteiger partial charge in [0, 0.05) is 17.7 Å². The summed E-state index contributed by atoms with van der Waals surface area (Å²) in [6.07, 6.45) is 4.47. The number of carbonyl (C=O) groups excluding carboxylic acids is 2. The van der Waals surface area contributed by atoms with E-state index in [1.165, 1.54) is 17.1 Å². The number of hydrogen-bond donors (Lipinski definition) is 0. The van der Waals surface area contributed by atoms with E-state index in [0.29, 0.717) is 0 Å². The van der Waals surface area contributed by atoms with Gasteiger partial charge in [-0.2, -0.15) is 0 Å². The Balaban J connectivity index is 2.82. The van der Waals surface area contributed by atoms with Crippen LogP contribution in [-0.4, -0.2) is 22.3 Å². The fraction of sp³-hybridized carbons (Fsp3) is 0.600. The van der Waals surface area contributed by atoms with E-state index in [-0.39, 0.29) is 17.4 Å². The van der Waals surface area contributed by atoms with Crippen LogP contribution in [0.15, 0.2) is 12.2 Å². The molecular weight excluding hydrogens is 166 g/mol. The Hall–Kier alpha value is -1.12. The van der Waals surface area contributed by atoms with Crippen molar-refractivity contribution in [1.29, 1.82) is 0 Å². The molecule has 0 saturated carbocycles. The minimum absolute atomic E-state index is 0.191. The second kappa shape index (κ2) is 3.32. The topological polar surface area (TPSA) is 37.4 Å². The van der Waals surface area contributed by atoms with Gasteiger partial charge in [0.1, 0.15) is 0 Å². The number of nitrogens with zero attached hydrogens (tertiary/aromatic N) is 1. The molecule has 1 aliphatic heterocycles. The Morgan fingerprint density at radius 3 is 2.08 bits per heavy atom. The Labute approximate surface area is 78.4 Å². The zero-order chi connectivity index (χ0) is 10.1. The molecule has 0 atom stereocenters. The quantitative estimate of drug-likeness (QED) is 0.618. The number of carbonyl (C=O) groups is 2. The van der Waals surface area contributed by atoms with Crippen molar-refractivity contribution in [3.05, 3.63) is 12.2 Å². The van der Waals surface area contributed by atoms with Gasteiger partial charge in [0.15, 0.2) is 0 Å². The summed E-state index contributed by atoms with van der Waals surface area (Å²) in [5.74, 6) is -0.382. The number of hydrogen-bond acceptors (Lipinski definition) is 2. The van der Waals surface area contributed by atoms with Crippen LogP contribution in [0.3, 0.4) is 0 Å². The summed E-state index contributed by atoms with van der Waals surface area (Å²) in [6, 6.07) is 0. The average Bonchev–Trinajstić information content (AvgIpc) is 2.31. The summed E-state index contributed by atoms with van der Waals surface area (Å²) in [6.45, 7) is 5.87. The Bertz CT molecular complexity index is 248. The van der Waals surface area contributed by atoms with Crippen LogP contribution in [0.4, 0.5) is 0 Å². The standard InChI is InChI=1S/C10H15NO2/c1-4-7-10(2,3)11-8(12)5-6-9(11)13/h5-6H,4,7H2,1-3H3. The fourth-order valence-corrected chi connectivity index (χ4v) is 1.72. The maximum absolute atomic E-state index is 11.3. The van der Waals surface area contributed by atoms with Crippen LogP contribution in [0, 0.1) is 0 Å². The maximum Gasteiger partial charge on any atom is 0.254 e. The van der Waals surface area contributed by atoms with E-state index in [0.717, 1.165) is 12.8 Å². The summed E-state index contributed by atoms with van der Waals surface area (Å²) in [7, 11) is 0. The highest BCUT2D eigenvalue weighted by Crippen LogP contribution is 2.24. The average molecular weight is 181 g/mol. The first-order valence-corrected chi connectivity index (χ1v) is 4.55. The molecule has 0 aromatic carbocycles. The summed E-state index contributed by atoms with van der Waals surface area (Å²) in [5.41, 5.74) is -0.355. The molecule has 0 aliphatic carbocycles. The van der Waals surface area contributed by atoms with Crippen molar-refractivity contribution in [2.75, 3.05) is 0 Å². The second-order valence-corrected chi connectivity index (χ2v) is 3.91. The lowest BCUT2D eigenvalue weighted by molar-refractivity contribution is -0.143. The molecule has 0 spiro atoms. The first-order valence-electron chi connectivity index (χ1n) is 4.55. The van der Waals surface area contributed by atoms with E-state index in [2.05, 4.69) is 0 Å². The third kappa shape index (κ3) is 1.79. The first kappa shape index (κ1) is 9.96. The summed E-state index contributed by atoms with van der Waals surface area (Å²) >= 11 is 0. The molecule has 0 fully saturated rings. The van der Waals surface area contributed by atoms with Crippen LogP contribution in [-0.2, 0) is 9.59 Å². The lowest BCUT2D eigenvalue weighted by atomic mass is 9.97. The molecule has 3 nitrogen and oxygen atoms in total. The molecule has 3 heteroatoms. The van der Waals surface area contributed by atoms with Gasteiger partial charge in [0.2, 0.25) is 0 Å². The Morgan fingerprint density at radius 2 is 1.69 bits per heavy atom. The smallest absolute Gasteiger partial charge is 0.254 e. The molecule has 0 N–H and O–H groups in total. The summed E-state index contributed by atoms with van der Waals surface area (Å²) < 4.78 is 0. The zero-order valence-electron chi connectivity index (χ0n) is 8.33. The first-order chi connectivity index (χ1) is 5.99. The molecule has 2 amide bonds. The van der Waals surface area contributed by atoms with Gasteiger partial charge in [0.05, 0.1) is 0 Å². The van der Waals surface area contributed by atoms with E-state index in [1.807, 2.05) is 20.8 Å². The van der Waals surface area contributed by atoms with Crippen molar-refractivity contribution in [2.24, 2.45) is 0 Å².